The third kappa shape index (κ3) is 2.91. The van der Waals surface area contributed by atoms with Gasteiger partial charge in [-0.25, -0.2) is 4.98 Å². The third-order valence-electron chi connectivity index (χ3n) is 3.36. The lowest BCUT2D eigenvalue weighted by Gasteiger charge is -2.28. The highest BCUT2D eigenvalue weighted by Crippen LogP contribution is 2.28. The predicted octanol–water partition coefficient (Wildman–Crippen LogP) is 3.48. The molecule has 1 fully saturated rings. The van der Waals surface area contributed by atoms with Gasteiger partial charge in [-0.1, -0.05) is 6.07 Å². The van der Waals surface area contributed by atoms with Gasteiger partial charge in [0.2, 0.25) is 0 Å². The Morgan fingerprint density at radius 3 is 2.69 bits per heavy atom. The minimum absolute atomic E-state index is 0.622. The van der Waals surface area contributed by atoms with E-state index >= 15 is 0 Å². The maximum atomic E-state index is 4.40. The first-order chi connectivity index (χ1) is 7.79. The molecule has 0 aliphatic heterocycles. The molecule has 0 unspecified atom stereocenters. The summed E-state index contributed by atoms with van der Waals surface area (Å²) in [5, 5.41) is 4.45. The average Bonchev–Trinajstić information content (AvgIpc) is 2.33. The zero-order chi connectivity index (χ0) is 11.4. The molecule has 1 saturated carbocycles. The van der Waals surface area contributed by atoms with Crippen molar-refractivity contribution in [1.29, 1.82) is 0 Å². The Morgan fingerprint density at radius 2 is 2.06 bits per heavy atom. The molecule has 0 saturated heterocycles. The van der Waals surface area contributed by atoms with Crippen molar-refractivity contribution in [3.05, 3.63) is 23.9 Å². The van der Waals surface area contributed by atoms with Gasteiger partial charge in [-0.2, -0.15) is 11.8 Å². The number of pyridine rings is 1. The topological polar surface area (TPSA) is 24.9 Å². The molecule has 0 radical (unpaired) electrons. The summed E-state index contributed by atoms with van der Waals surface area (Å²) < 4.78 is 0. The van der Waals surface area contributed by atoms with Crippen LogP contribution >= 0.6 is 11.8 Å². The number of nitrogens with one attached hydrogen (secondary N) is 1. The van der Waals surface area contributed by atoms with Gasteiger partial charge in [-0.3, -0.25) is 0 Å². The molecule has 1 heterocycles. The number of hydrogen-bond acceptors (Lipinski definition) is 3. The van der Waals surface area contributed by atoms with Crippen molar-refractivity contribution in [2.45, 2.75) is 43.9 Å². The molecule has 1 aliphatic carbocycles. The Labute approximate surface area is 102 Å². The number of thioether (sulfide) groups is 1. The van der Waals surface area contributed by atoms with Crippen LogP contribution in [0.5, 0.6) is 0 Å². The average molecular weight is 236 g/mol. The van der Waals surface area contributed by atoms with Crippen molar-refractivity contribution in [1.82, 2.24) is 4.98 Å². The van der Waals surface area contributed by atoms with E-state index in [1.807, 2.05) is 24.0 Å². The minimum Gasteiger partial charge on any atom is -0.367 e. The Hall–Kier alpha value is -0.700. The third-order valence-corrected chi connectivity index (χ3v) is 4.50. The second kappa shape index (κ2) is 5.58. The van der Waals surface area contributed by atoms with Crippen LogP contribution in [0.2, 0.25) is 0 Å². The van der Waals surface area contributed by atoms with E-state index in [2.05, 4.69) is 29.5 Å². The first-order valence-electron chi connectivity index (χ1n) is 6.00. The molecule has 1 N–H and O–H groups in total. The largest absolute Gasteiger partial charge is 0.367 e. The van der Waals surface area contributed by atoms with Crippen molar-refractivity contribution >= 4 is 17.6 Å². The zero-order valence-corrected chi connectivity index (χ0v) is 10.9. The van der Waals surface area contributed by atoms with Gasteiger partial charge in [-0.15, -0.1) is 0 Å². The highest BCUT2D eigenvalue weighted by molar-refractivity contribution is 7.99. The van der Waals surface area contributed by atoms with Crippen LogP contribution in [0.3, 0.4) is 0 Å². The zero-order valence-electron chi connectivity index (χ0n) is 10.1. The monoisotopic (exact) mass is 236 g/mol. The van der Waals surface area contributed by atoms with Gasteiger partial charge >= 0.3 is 0 Å². The SMILES string of the molecule is CSC1CCC(Nc2ncccc2C)CC1. The molecule has 1 aromatic rings. The first kappa shape index (κ1) is 11.8. The van der Waals surface area contributed by atoms with Gasteiger partial charge in [-0.05, 0) is 50.5 Å². The lowest BCUT2D eigenvalue weighted by molar-refractivity contribution is 0.472. The number of anilines is 1. The molecule has 2 nitrogen and oxygen atoms in total. The van der Waals surface area contributed by atoms with Crippen LogP contribution in [0.25, 0.3) is 0 Å². The Morgan fingerprint density at radius 1 is 1.31 bits per heavy atom. The number of hydrogen-bond donors (Lipinski definition) is 1. The Bertz CT molecular complexity index is 332. The van der Waals surface area contributed by atoms with Gasteiger partial charge < -0.3 is 5.32 Å². The summed E-state index contributed by atoms with van der Waals surface area (Å²) in [6.07, 6.45) is 9.32. The summed E-state index contributed by atoms with van der Waals surface area (Å²) in [6.45, 7) is 2.11. The van der Waals surface area contributed by atoms with Crippen molar-refractivity contribution in [2.24, 2.45) is 0 Å². The van der Waals surface area contributed by atoms with Gasteiger partial charge in [0.05, 0.1) is 0 Å². The summed E-state index contributed by atoms with van der Waals surface area (Å²) >= 11 is 2.01. The van der Waals surface area contributed by atoms with Crippen LogP contribution in [0, 0.1) is 6.92 Å². The number of rotatable bonds is 3. The minimum atomic E-state index is 0.622. The van der Waals surface area contributed by atoms with Gasteiger partial charge in [0.1, 0.15) is 5.82 Å². The highest BCUT2D eigenvalue weighted by Gasteiger charge is 2.20. The lowest BCUT2D eigenvalue weighted by Crippen LogP contribution is -2.27. The van der Waals surface area contributed by atoms with Crippen molar-refractivity contribution in [3.63, 3.8) is 0 Å². The van der Waals surface area contributed by atoms with E-state index in [0.717, 1.165) is 11.1 Å². The molecule has 3 heteroatoms. The second-order valence-electron chi connectivity index (χ2n) is 4.52. The summed E-state index contributed by atoms with van der Waals surface area (Å²) in [4.78, 5) is 4.40. The molecule has 1 aliphatic rings. The molecule has 2 rings (SSSR count). The van der Waals surface area contributed by atoms with Gasteiger partial charge in [0.15, 0.2) is 0 Å². The molecule has 0 bridgehead atoms. The summed E-state index contributed by atoms with van der Waals surface area (Å²) in [5.41, 5.74) is 1.24. The van der Waals surface area contributed by atoms with Crippen LogP contribution in [-0.2, 0) is 0 Å². The van der Waals surface area contributed by atoms with Crippen LogP contribution in [0.15, 0.2) is 18.3 Å². The molecule has 16 heavy (non-hydrogen) atoms. The molecule has 0 atom stereocenters. The van der Waals surface area contributed by atoms with E-state index in [1.165, 1.54) is 31.2 Å². The van der Waals surface area contributed by atoms with Crippen molar-refractivity contribution in [2.75, 3.05) is 11.6 Å². The van der Waals surface area contributed by atoms with Crippen molar-refractivity contribution in [3.8, 4) is 0 Å². The van der Waals surface area contributed by atoms with E-state index in [9.17, 15) is 0 Å². The van der Waals surface area contributed by atoms with Crippen LogP contribution < -0.4 is 5.32 Å². The van der Waals surface area contributed by atoms with E-state index < -0.39 is 0 Å². The Kier molecular flexibility index (Phi) is 4.10. The predicted molar refractivity (Wildman–Crippen MR) is 72.2 cm³/mol. The number of nitrogens with zero attached hydrogens (tertiary/aromatic N) is 1. The fraction of sp³-hybridized carbons (Fsp3) is 0.615. The lowest BCUT2D eigenvalue weighted by atomic mass is 9.95. The number of aromatic nitrogens is 1. The maximum Gasteiger partial charge on any atom is 0.129 e. The van der Waals surface area contributed by atoms with E-state index in [1.54, 1.807) is 0 Å². The molecule has 0 aromatic carbocycles. The summed E-state index contributed by atoms with van der Waals surface area (Å²) in [7, 11) is 0. The van der Waals surface area contributed by atoms with E-state index in [4.69, 9.17) is 0 Å². The van der Waals surface area contributed by atoms with E-state index in [-0.39, 0.29) is 0 Å². The molecule has 0 amide bonds. The smallest absolute Gasteiger partial charge is 0.129 e. The van der Waals surface area contributed by atoms with Gasteiger partial charge in [0, 0.05) is 17.5 Å². The van der Waals surface area contributed by atoms with Gasteiger partial charge in [0.25, 0.3) is 0 Å². The highest BCUT2D eigenvalue weighted by atomic mass is 32.2. The van der Waals surface area contributed by atoms with E-state index in [0.29, 0.717) is 6.04 Å². The van der Waals surface area contributed by atoms with Crippen LogP contribution in [0.1, 0.15) is 31.2 Å². The first-order valence-corrected chi connectivity index (χ1v) is 7.29. The fourth-order valence-corrected chi connectivity index (χ4v) is 3.02. The summed E-state index contributed by atoms with van der Waals surface area (Å²) in [5.74, 6) is 1.06. The maximum absolute atomic E-state index is 4.40. The normalized spacial score (nSPS) is 25.4. The van der Waals surface area contributed by atoms with Crippen LogP contribution in [-0.4, -0.2) is 22.5 Å². The van der Waals surface area contributed by atoms with Crippen molar-refractivity contribution < 1.29 is 0 Å². The fourth-order valence-electron chi connectivity index (χ4n) is 2.27. The number of aryl methyl sites for hydroxylation is 1. The summed E-state index contributed by atoms with van der Waals surface area (Å²) in [6, 6.07) is 4.73. The molecule has 88 valence electrons. The second-order valence-corrected chi connectivity index (χ2v) is 5.66. The quantitative estimate of drug-likeness (QED) is 0.869. The molecular weight excluding hydrogens is 216 g/mol. The van der Waals surface area contributed by atoms with Crippen LogP contribution in [0.4, 0.5) is 5.82 Å². The molecule has 0 spiro atoms. The molecule has 1 aromatic heterocycles. The standard InChI is InChI=1S/C13H20N2S/c1-10-4-3-9-14-13(10)15-11-5-7-12(16-2)8-6-11/h3-4,9,11-12H,5-8H2,1-2H3,(H,14,15). The Balaban J connectivity index is 1.89. The molecular formula is C13H20N2S.